The van der Waals surface area contributed by atoms with E-state index in [9.17, 15) is 0 Å². The Kier molecular flexibility index (Phi) is 10.0. The highest BCUT2D eigenvalue weighted by Crippen LogP contribution is 2.21. The van der Waals surface area contributed by atoms with Gasteiger partial charge in [0.1, 0.15) is 6.79 Å². The maximum absolute atomic E-state index is 9.10. The first kappa shape index (κ1) is 23.2. The summed E-state index contributed by atoms with van der Waals surface area (Å²) in [7, 11) is 1.66. The molecule has 2 heterocycles. The third-order valence-corrected chi connectivity index (χ3v) is 5.24. The molecular weight excluding hydrogens is 398 g/mol. The molecule has 0 spiro atoms. The van der Waals surface area contributed by atoms with Gasteiger partial charge in [-0.3, -0.25) is 4.90 Å². The zero-order chi connectivity index (χ0) is 21.1. The Hall–Kier alpha value is -2.04. The number of hydrogen-bond donors (Lipinski definition) is 2. The minimum atomic E-state index is -1.82. The standard InChI is InChI=1S/C18H25NO3S.C2H2O4/c1-20-14-22-17-12-19(13-17)7-2-8-21-9-5-15-3-4-18-16(11-15)6-10-23-18;3-1(4)2(5)6/h3-4,6,10-11,17H,2,5,7-9,12-14H2,1H3;(H,3,4)(H,5,6). The van der Waals surface area contributed by atoms with Crippen LogP contribution in [0.15, 0.2) is 29.6 Å². The molecule has 9 heteroatoms. The summed E-state index contributed by atoms with van der Waals surface area (Å²) in [6.45, 7) is 5.16. The number of carboxylic acid groups (broad SMARTS) is 2. The van der Waals surface area contributed by atoms with Crippen LogP contribution in [0.4, 0.5) is 0 Å². The van der Waals surface area contributed by atoms with E-state index in [0.29, 0.717) is 12.9 Å². The van der Waals surface area contributed by atoms with Gasteiger partial charge in [-0.2, -0.15) is 0 Å². The van der Waals surface area contributed by atoms with Crippen LogP contribution in [-0.4, -0.2) is 79.9 Å². The van der Waals surface area contributed by atoms with Crippen molar-refractivity contribution >= 4 is 33.4 Å². The fourth-order valence-electron chi connectivity index (χ4n) is 2.83. The number of carboxylic acids is 2. The van der Waals surface area contributed by atoms with Crippen LogP contribution in [0, 0.1) is 0 Å². The van der Waals surface area contributed by atoms with E-state index in [0.717, 1.165) is 45.7 Å². The highest BCUT2D eigenvalue weighted by molar-refractivity contribution is 7.17. The van der Waals surface area contributed by atoms with Gasteiger partial charge in [-0.1, -0.05) is 12.1 Å². The average Bonchev–Trinajstić information content (AvgIpc) is 3.13. The van der Waals surface area contributed by atoms with Gasteiger partial charge in [-0.15, -0.1) is 11.3 Å². The zero-order valence-electron chi connectivity index (χ0n) is 16.4. The molecule has 0 atom stereocenters. The predicted molar refractivity (Wildman–Crippen MR) is 109 cm³/mol. The number of ether oxygens (including phenoxy) is 3. The first-order valence-electron chi connectivity index (χ1n) is 9.32. The molecule has 0 radical (unpaired) electrons. The van der Waals surface area contributed by atoms with E-state index in [1.54, 1.807) is 18.4 Å². The Morgan fingerprint density at radius 3 is 2.62 bits per heavy atom. The van der Waals surface area contributed by atoms with Gasteiger partial charge in [-0.05, 0) is 41.3 Å². The molecule has 1 aromatic heterocycles. The number of fused-ring (bicyclic) bond motifs is 1. The first-order valence-corrected chi connectivity index (χ1v) is 10.2. The van der Waals surface area contributed by atoms with Crippen LogP contribution in [0.1, 0.15) is 12.0 Å². The fourth-order valence-corrected chi connectivity index (χ4v) is 3.60. The van der Waals surface area contributed by atoms with Gasteiger partial charge < -0.3 is 24.4 Å². The van der Waals surface area contributed by atoms with Gasteiger partial charge >= 0.3 is 11.9 Å². The number of thiophene rings is 1. The molecule has 160 valence electrons. The highest BCUT2D eigenvalue weighted by Gasteiger charge is 2.26. The van der Waals surface area contributed by atoms with Crippen molar-refractivity contribution in [2.75, 3.05) is 46.8 Å². The molecule has 0 aliphatic carbocycles. The summed E-state index contributed by atoms with van der Waals surface area (Å²) in [5.41, 5.74) is 1.36. The first-order chi connectivity index (χ1) is 14.0. The molecule has 1 fully saturated rings. The highest BCUT2D eigenvalue weighted by atomic mass is 32.1. The van der Waals surface area contributed by atoms with Crippen LogP contribution in [-0.2, 0) is 30.2 Å². The van der Waals surface area contributed by atoms with Gasteiger partial charge in [0.2, 0.25) is 0 Å². The van der Waals surface area contributed by atoms with Crippen molar-refractivity contribution in [2.24, 2.45) is 0 Å². The van der Waals surface area contributed by atoms with Crippen molar-refractivity contribution in [2.45, 2.75) is 18.9 Å². The topological polar surface area (TPSA) is 106 Å². The lowest BCUT2D eigenvalue weighted by molar-refractivity contribution is -0.159. The van der Waals surface area contributed by atoms with Gasteiger partial charge in [0.25, 0.3) is 0 Å². The third kappa shape index (κ3) is 8.46. The van der Waals surface area contributed by atoms with E-state index in [1.807, 2.05) is 0 Å². The second-order valence-corrected chi connectivity index (χ2v) is 7.52. The molecular formula is C20H27NO7S. The Bertz CT molecular complexity index is 761. The molecule has 0 unspecified atom stereocenters. The maximum atomic E-state index is 9.10. The minimum Gasteiger partial charge on any atom is -0.473 e. The van der Waals surface area contributed by atoms with E-state index in [1.165, 1.54) is 15.6 Å². The van der Waals surface area contributed by atoms with Crippen LogP contribution in [0.5, 0.6) is 0 Å². The average molecular weight is 426 g/mol. The summed E-state index contributed by atoms with van der Waals surface area (Å²) in [6, 6.07) is 8.88. The second kappa shape index (κ2) is 12.5. The lowest BCUT2D eigenvalue weighted by atomic mass is 10.1. The zero-order valence-corrected chi connectivity index (χ0v) is 17.2. The van der Waals surface area contributed by atoms with Crippen molar-refractivity contribution in [1.82, 2.24) is 4.90 Å². The SMILES string of the molecule is COCOC1CN(CCCOCCc2ccc3sccc3c2)C1.O=C(O)C(=O)O. The predicted octanol–water partition coefficient (Wildman–Crippen LogP) is 2.31. The molecule has 1 saturated heterocycles. The van der Waals surface area contributed by atoms with E-state index < -0.39 is 11.9 Å². The van der Waals surface area contributed by atoms with E-state index >= 15 is 0 Å². The van der Waals surface area contributed by atoms with Crippen molar-refractivity contribution in [3.63, 3.8) is 0 Å². The van der Waals surface area contributed by atoms with Crippen LogP contribution >= 0.6 is 11.3 Å². The Labute approximate surface area is 173 Å². The molecule has 1 aliphatic rings. The number of rotatable bonds is 10. The molecule has 0 saturated carbocycles. The van der Waals surface area contributed by atoms with Crippen molar-refractivity contribution in [3.8, 4) is 0 Å². The Morgan fingerprint density at radius 1 is 1.17 bits per heavy atom. The summed E-state index contributed by atoms with van der Waals surface area (Å²) in [5, 5.41) is 18.3. The molecule has 2 aromatic rings. The number of benzene rings is 1. The molecule has 3 rings (SSSR count). The second-order valence-electron chi connectivity index (χ2n) is 6.57. The molecule has 1 aromatic carbocycles. The van der Waals surface area contributed by atoms with E-state index in [-0.39, 0.29) is 0 Å². The van der Waals surface area contributed by atoms with Crippen LogP contribution in [0.2, 0.25) is 0 Å². The summed E-state index contributed by atoms with van der Waals surface area (Å²) in [5.74, 6) is -3.65. The van der Waals surface area contributed by atoms with E-state index in [2.05, 4.69) is 34.5 Å². The Morgan fingerprint density at radius 2 is 1.93 bits per heavy atom. The molecule has 1 aliphatic heterocycles. The van der Waals surface area contributed by atoms with Crippen molar-refractivity contribution < 1.29 is 34.0 Å². The number of nitrogens with zero attached hydrogens (tertiary/aromatic N) is 1. The fraction of sp³-hybridized carbons (Fsp3) is 0.500. The van der Waals surface area contributed by atoms with Gasteiger partial charge in [-0.25, -0.2) is 9.59 Å². The molecule has 2 N–H and O–H groups in total. The summed E-state index contributed by atoms with van der Waals surface area (Å²) in [4.78, 5) is 20.6. The maximum Gasteiger partial charge on any atom is 0.414 e. The lowest BCUT2D eigenvalue weighted by Gasteiger charge is -2.38. The monoisotopic (exact) mass is 425 g/mol. The quantitative estimate of drug-likeness (QED) is 0.339. The number of hydrogen-bond acceptors (Lipinski definition) is 7. The number of methoxy groups -OCH3 is 1. The van der Waals surface area contributed by atoms with Crippen molar-refractivity contribution in [1.29, 1.82) is 0 Å². The number of likely N-dealkylation sites (tertiary alicyclic amines) is 1. The molecule has 0 bridgehead atoms. The molecule has 8 nitrogen and oxygen atoms in total. The van der Waals surface area contributed by atoms with Gasteiger partial charge in [0, 0.05) is 38.1 Å². The third-order valence-electron chi connectivity index (χ3n) is 4.34. The number of aliphatic carboxylic acids is 2. The summed E-state index contributed by atoms with van der Waals surface area (Å²) in [6.07, 6.45) is 2.42. The Balaban J connectivity index is 0.000000438. The largest absolute Gasteiger partial charge is 0.473 e. The van der Waals surface area contributed by atoms with E-state index in [4.69, 9.17) is 34.0 Å². The van der Waals surface area contributed by atoms with Gasteiger partial charge in [0.15, 0.2) is 0 Å². The molecule has 0 amide bonds. The van der Waals surface area contributed by atoms with Gasteiger partial charge in [0.05, 0.1) is 12.7 Å². The summed E-state index contributed by atoms with van der Waals surface area (Å²) >= 11 is 1.79. The smallest absolute Gasteiger partial charge is 0.414 e. The van der Waals surface area contributed by atoms with Crippen LogP contribution in [0.3, 0.4) is 0 Å². The normalized spacial score (nSPS) is 14.2. The van der Waals surface area contributed by atoms with Crippen LogP contribution in [0.25, 0.3) is 10.1 Å². The summed E-state index contributed by atoms with van der Waals surface area (Å²) < 4.78 is 17.5. The molecule has 29 heavy (non-hydrogen) atoms. The number of carbonyl (C=O) groups is 2. The van der Waals surface area contributed by atoms with Crippen LogP contribution < -0.4 is 0 Å². The minimum absolute atomic E-state index is 0.350. The lowest BCUT2D eigenvalue weighted by Crippen LogP contribution is -2.52. The van der Waals surface area contributed by atoms with Crippen molar-refractivity contribution in [3.05, 3.63) is 35.2 Å².